The molecule has 1 saturated heterocycles. The van der Waals surface area contributed by atoms with Gasteiger partial charge in [0.15, 0.2) is 0 Å². The smallest absolute Gasteiger partial charge is 0.246 e. The van der Waals surface area contributed by atoms with Gasteiger partial charge in [0.05, 0.1) is 0 Å². The van der Waals surface area contributed by atoms with Crippen molar-refractivity contribution < 1.29 is 4.79 Å². The van der Waals surface area contributed by atoms with Gasteiger partial charge in [0.2, 0.25) is 5.91 Å². The molecule has 3 heteroatoms. The van der Waals surface area contributed by atoms with E-state index < -0.39 is 5.54 Å². The van der Waals surface area contributed by atoms with Crippen LogP contribution in [0.3, 0.4) is 0 Å². The van der Waals surface area contributed by atoms with Gasteiger partial charge in [0.25, 0.3) is 0 Å². The van der Waals surface area contributed by atoms with Gasteiger partial charge in [-0.25, -0.2) is 0 Å². The minimum Gasteiger partial charge on any atom is -0.354 e. The Morgan fingerprint density at radius 1 is 1.05 bits per heavy atom. The van der Waals surface area contributed by atoms with Crippen LogP contribution in [0.2, 0.25) is 0 Å². The van der Waals surface area contributed by atoms with E-state index in [1.807, 2.05) is 6.07 Å². The second-order valence-electron chi connectivity index (χ2n) is 6.27. The van der Waals surface area contributed by atoms with Crippen molar-refractivity contribution in [3.63, 3.8) is 0 Å². The second kappa shape index (κ2) is 5.16. The van der Waals surface area contributed by atoms with Crippen LogP contribution in [0.15, 0.2) is 54.6 Å². The molecule has 1 unspecified atom stereocenters. The molecule has 1 spiro atoms. The summed E-state index contributed by atoms with van der Waals surface area (Å²) in [7, 11) is 0. The van der Waals surface area contributed by atoms with E-state index in [1.165, 1.54) is 16.8 Å². The van der Waals surface area contributed by atoms with Gasteiger partial charge in [-0.15, -0.1) is 0 Å². The summed E-state index contributed by atoms with van der Waals surface area (Å²) < 4.78 is 0. The number of rotatable bonds is 2. The zero-order chi connectivity index (χ0) is 15.0. The molecule has 3 nitrogen and oxygen atoms in total. The van der Waals surface area contributed by atoms with Crippen LogP contribution in [0, 0.1) is 0 Å². The number of carbonyl (C=O) groups is 1. The van der Waals surface area contributed by atoms with Crippen molar-refractivity contribution in [1.82, 2.24) is 5.32 Å². The molecule has 22 heavy (non-hydrogen) atoms. The zero-order valence-electron chi connectivity index (χ0n) is 12.6. The molecule has 0 radical (unpaired) electrons. The number of nitrogens with one attached hydrogen (secondary N) is 1. The summed E-state index contributed by atoms with van der Waals surface area (Å²) in [5.41, 5.74) is 3.34. The zero-order valence-corrected chi connectivity index (χ0v) is 12.6. The molecule has 1 atom stereocenters. The van der Waals surface area contributed by atoms with Gasteiger partial charge in [-0.1, -0.05) is 48.5 Å². The van der Waals surface area contributed by atoms with Crippen molar-refractivity contribution in [1.29, 1.82) is 0 Å². The molecule has 0 bridgehead atoms. The van der Waals surface area contributed by atoms with E-state index in [-0.39, 0.29) is 5.91 Å². The van der Waals surface area contributed by atoms with Crippen LogP contribution in [0.5, 0.6) is 0 Å². The summed E-state index contributed by atoms with van der Waals surface area (Å²) in [6.45, 7) is 1.58. The summed E-state index contributed by atoms with van der Waals surface area (Å²) in [6.07, 6.45) is 2.80. The van der Waals surface area contributed by atoms with Crippen LogP contribution >= 0.6 is 0 Å². The number of hydrogen-bond acceptors (Lipinski definition) is 2. The van der Waals surface area contributed by atoms with Gasteiger partial charge in [0.1, 0.15) is 5.54 Å². The Bertz CT molecular complexity index is 698. The van der Waals surface area contributed by atoms with Crippen LogP contribution in [0.25, 0.3) is 0 Å². The highest BCUT2D eigenvalue weighted by Gasteiger charge is 2.50. The Labute approximate surface area is 131 Å². The molecule has 1 amide bonds. The lowest BCUT2D eigenvalue weighted by molar-refractivity contribution is -0.128. The molecule has 0 aliphatic carbocycles. The maximum absolute atomic E-state index is 12.7. The number of amides is 1. The number of piperidine rings is 1. The molecular formula is C19H20N2O. The molecule has 2 aromatic rings. The maximum Gasteiger partial charge on any atom is 0.246 e. The fraction of sp³-hybridized carbons (Fsp3) is 0.316. The first-order chi connectivity index (χ1) is 10.8. The first kappa shape index (κ1) is 13.4. The predicted molar refractivity (Wildman–Crippen MR) is 87.7 cm³/mol. The highest BCUT2D eigenvalue weighted by Crippen LogP contribution is 2.43. The quantitative estimate of drug-likeness (QED) is 0.923. The predicted octanol–water partition coefficient (Wildman–Crippen LogP) is 2.90. The number of benzene rings is 2. The van der Waals surface area contributed by atoms with Crippen LogP contribution < -0.4 is 10.2 Å². The van der Waals surface area contributed by atoms with Gasteiger partial charge in [-0.3, -0.25) is 4.79 Å². The van der Waals surface area contributed by atoms with Crippen LogP contribution in [0.1, 0.15) is 24.0 Å². The Kier molecular flexibility index (Phi) is 3.14. The van der Waals surface area contributed by atoms with Crippen molar-refractivity contribution in [2.75, 3.05) is 11.4 Å². The number of para-hydroxylation sites is 1. The fourth-order valence-corrected chi connectivity index (χ4v) is 3.85. The lowest BCUT2D eigenvalue weighted by Gasteiger charge is -2.41. The second-order valence-corrected chi connectivity index (χ2v) is 6.27. The van der Waals surface area contributed by atoms with Crippen LogP contribution in [-0.2, 0) is 17.8 Å². The molecule has 2 aromatic carbocycles. The maximum atomic E-state index is 12.7. The summed E-state index contributed by atoms with van der Waals surface area (Å²) in [5.74, 6) is 0.186. The van der Waals surface area contributed by atoms with E-state index in [9.17, 15) is 4.79 Å². The summed E-state index contributed by atoms with van der Waals surface area (Å²) >= 11 is 0. The van der Waals surface area contributed by atoms with Crippen LogP contribution in [0.4, 0.5) is 5.69 Å². The van der Waals surface area contributed by atoms with E-state index in [0.29, 0.717) is 0 Å². The first-order valence-corrected chi connectivity index (χ1v) is 7.97. The molecule has 0 saturated carbocycles. The molecule has 1 N–H and O–H groups in total. The largest absolute Gasteiger partial charge is 0.354 e. The summed E-state index contributed by atoms with van der Waals surface area (Å²) in [5, 5.41) is 3.08. The Balaban J connectivity index is 1.77. The highest BCUT2D eigenvalue weighted by atomic mass is 16.2. The van der Waals surface area contributed by atoms with Crippen molar-refractivity contribution >= 4 is 11.6 Å². The lowest BCUT2D eigenvalue weighted by atomic mass is 9.85. The van der Waals surface area contributed by atoms with E-state index >= 15 is 0 Å². The van der Waals surface area contributed by atoms with Crippen LogP contribution in [-0.4, -0.2) is 18.0 Å². The fourth-order valence-electron chi connectivity index (χ4n) is 3.85. The summed E-state index contributed by atoms with van der Waals surface area (Å²) in [4.78, 5) is 15.1. The summed E-state index contributed by atoms with van der Waals surface area (Å²) in [6, 6.07) is 18.9. The minimum absolute atomic E-state index is 0.186. The van der Waals surface area contributed by atoms with Gasteiger partial charge < -0.3 is 10.2 Å². The number of carbonyl (C=O) groups excluding carboxylic acids is 1. The van der Waals surface area contributed by atoms with Crippen molar-refractivity contribution in [2.45, 2.75) is 31.3 Å². The van der Waals surface area contributed by atoms with Gasteiger partial charge in [-0.2, -0.15) is 0 Å². The third kappa shape index (κ3) is 2.00. The number of fused-ring (bicyclic) bond motifs is 1. The van der Waals surface area contributed by atoms with Crippen molar-refractivity contribution in [3.05, 3.63) is 65.7 Å². The van der Waals surface area contributed by atoms with Crippen molar-refractivity contribution in [2.24, 2.45) is 0 Å². The Morgan fingerprint density at radius 2 is 1.82 bits per heavy atom. The normalized spacial score (nSPS) is 23.5. The Hall–Kier alpha value is -2.29. The average Bonchev–Trinajstić information content (AvgIpc) is 2.86. The van der Waals surface area contributed by atoms with Gasteiger partial charge in [-0.05, 0) is 30.0 Å². The molecule has 112 valence electrons. The molecule has 4 rings (SSSR count). The topological polar surface area (TPSA) is 32.3 Å². The molecular weight excluding hydrogens is 272 g/mol. The molecule has 2 aliphatic rings. The first-order valence-electron chi connectivity index (χ1n) is 7.97. The SMILES string of the molecule is O=C1NCCCC12Cc1ccccc1N2Cc1ccccc1. The highest BCUT2D eigenvalue weighted by molar-refractivity contribution is 5.93. The molecule has 2 aliphatic heterocycles. The number of hydrogen-bond donors (Lipinski definition) is 1. The van der Waals surface area contributed by atoms with E-state index in [0.717, 1.165) is 32.4 Å². The third-order valence-electron chi connectivity index (χ3n) is 4.94. The lowest BCUT2D eigenvalue weighted by Crippen LogP contribution is -2.60. The third-order valence-corrected chi connectivity index (χ3v) is 4.94. The monoisotopic (exact) mass is 292 g/mol. The molecule has 1 fully saturated rings. The number of anilines is 1. The van der Waals surface area contributed by atoms with E-state index in [1.54, 1.807) is 0 Å². The number of nitrogens with zero attached hydrogens (tertiary/aromatic N) is 1. The van der Waals surface area contributed by atoms with Crippen molar-refractivity contribution in [3.8, 4) is 0 Å². The minimum atomic E-state index is -0.405. The van der Waals surface area contributed by atoms with E-state index in [2.05, 4.69) is 58.7 Å². The standard InChI is InChI=1S/C19H20N2O/c22-18-19(11-6-12-20-18)13-16-9-4-5-10-17(16)21(19)14-15-7-2-1-3-8-15/h1-5,7-10H,6,11-14H2,(H,20,22). The Morgan fingerprint density at radius 3 is 2.64 bits per heavy atom. The average molecular weight is 292 g/mol. The van der Waals surface area contributed by atoms with E-state index in [4.69, 9.17) is 0 Å². The molecule has 0 aromatic heterocycles. The van der Waals surface area contributed by atoms with Gasteiger partial charge >= 0.3 is 0 Å². The molecule has 2 heterocycles. The van der Waals surface area contributed by atoms with Gasteiger partial charge in [0, 0.05) is 25.2 Å².